The Balaban J connectivity index is 2.00. The lowest BCUT2D eigenvalue weighted by molar-refractivity contribution is 0.0702. The first-order chi connectivity index (χ1) is 8.20. The van der Waals surface area contributed by atoms with E-state index >= 15 is 0 Å². The molecule has 1 saturated carbocycles. The number of carbonyl (C=O) groups is 1. The van der Waals surface area contributed by atoms with Crippen molar-refractivity contribution in [3.8, 4) is 0 Å². The smallest absolute Gasteiger partial charge is 0.347 e. The van der Waals surface area contributed by atoms with Crippen LogP contribution >= 0.6 is 11.3 Å². The van der Waals surface area contributed by atoms with E-state index in [-0.39, 0.29) is 0 Å². The Labute approximate surface area is 105 Å². The van der Waals surface area contributed by atoms with Gasteiger partial charge in [-0.05, 0) is 18.8 Å². The number of anilines is 1. The summed E-state index contributed by atoms with van der Waals surface area (Å²) in [5.74, 6) is -0.202. The first-order valence-electron chi connectivity index (χ1n) is 6.16. The molecule has 1 heterocycles. The molecule has 94 valence electrons. The van der Waals surface area contributed by atoms with E-state index in [9.17, 15) is 4.79 Å². The molecular weight excluding hydrogens is 236 g/mol. The Morgan fingerprint density at radius 2 is 2.35 bits per heavy atom. The topological polar surface area (TPSA) is 62.2 Å². The maximum atomic E-state index is 10.8. The molecule has 2 atom stereocenters. The molecule has 5 heteroatoms. The summed E-state index contributed by atoms with van der Waals surface area (Å²) in [6.07, 6.45) is 7.61. The van der Waals surface area contributed by atoms with E-state index in [1.165, 1.54) is 49.6 Å². The van der Waals surface area contributed by atoms with Crippen molar-refractivity contribution in [2.24, 2.45) is 5.92 Å². The van der Waals surface area contributed by atoms with Gasteiger partial charge < -0.3 is 10.4 Å². The zero-order valence-electron chi connectivity index (χ0n) is 9.98. The predicted molar refractivity (Wildman–Crippen MR) is 68.7 cm³/mol. The van der Waals surface area contributed by atoms with E-state index in [0.717, 1.165) is 5.13 Å². The fourth-order valence-electron chi connectivity index (χ4n) is 2.48. The van der Waals surface area contributed by atoms with Crippen molar-refractivity contribution in [2.75, 3.05) is 5.32 Å². The van der Waals surface area contributed by atoms with Gasteiger partial charge in [0.15, 0.2) is 5.13 Å². The molecule has 0 radical (unpaired) electrons. The van der Waals surface area contributed by atoms with Crippen molar-refractivity contribution < 1.29 is 9.90 Å². The number of carboxylic acid groups (broad SMARTS) is 1. The van der Waals surface area contributed by atoms with Crippen LogP contribution in [0.4, 0.5) is 5.13 Å². The molecule has 0 saturated heterocycles. The molecule has 0 aromatic carbocycles. The van der Waals surface area contributed by atoms with Gasteiger partial charge in [-0.3, -0.25) is 0 Å². The van der Waals surface area contributed by atoms with Crippen LogP contribution in [0.15, 0.2) is 6.20 Å². The molecule has 2 N–H and O–H groups in total. The Morgan fingerprint density at radius 1 is 1.59 bits per heavy atom. The Bertz CT molecular complexity index is 392. The molecule has 1 fully saturated rings. The minimum Gasteiger partial charge on any atom is -0.477 e. The number of nitrogens with zero attached hydrogens (tertiary/aromatic N) is 1. The average Bonchev–Trinajstić information content (AvgIpc) is 2.78. The van der Waals surface area contributed by atoms with E-state index in [0.29, 0.717) is 16.8 Å². The Hall–Kier alpha value is -1.10. The number of hydrogen-bond acceptors (Lipinski definition) is 4. The summed E-state index contributed by atoms with van der Waals surface area (Å²) in [6.45, 7) is 2.22. The zero-order chi connectivity index (χ0) is 12.3. The van der Waals surface area contributed by atoms with E-state index in [2.05, 4.69) is 17.2 Å². The highest BCUT2D eigenvalue weighted by Gasteiger charge is 2.24. The first kappa shape index (κ1) is 12.4. The highest BCUT2D eigenvalue weighted by atomic mass is 32.1. The van der Waals surface area contributed by atoms with Crippen molar-refractivity contribution in [3.05, 3.63) is 11.1 Å². The lowest BCUT2D eigenvalue weighted by atomic mass is 9.83. The van der Waals surface area contributed by atoms with E-state index in [4.69, 9.17) is 5.11 Å². The third kappa shape index (κ3) is 2.97. The monoisotopic (exact) mass is 254 g/mol. The summed E-state index contributed by atoms with van der Waals surface area (Å²) in [7, 11) is 0. The van der Waals surface area contributed by atoms with Crippen LogP contribution < -0.4 is 5.32 Å². The van der Waals surface area contributed by atoms with Crippen LogP contribution in [0.2, 0.25) is 0 Å². The van der Waals surface area contributed by atoms with Gasteiger partial charge in [0, 0.05) is 6.04 Å². The van der Waals surface area contributed by atoms with Crippen molar-refractivity contribution in [1.29, 1.82) is 0 Å². The van der Waals surface area contributed by atoms with E-state index in [1.54, 1.807) is 0 Å². The lowest BCUT2D eigenvalue weighted by Gasteiger charge is -2.31. The molecule has 0 spiro atoms. The number of hydrogen-bond donors (Lipinski definition) is 2. The predicted octanol–water partition coefficient (Wildman–Crippen LogP) is 3.22. The second-order valence-corrected chi connectivity index (χ2v) is 5.57. The van der Waals surface area contributed by atoms with Gasteiger partial charge in [-0.2, -0.15) is 0 Å². The maximum absolute atomic E-state index is 10.8. The largest absolute Gasteiger partial charge is 0.477 e. The fraction of sp³-hybridized carbons (Fsp3) is 0.667. The van der Waals surface area contributed by atoms with Crippen LogP contribution in [-0.4, -0.2) is 22.1 Å². The first-order valence-corrected chi connectivity index (χ1v) is 6.98. The van der Waals surface area contributed by atoms with Crippen molar-refractivity contribution in [1.82, 2.24) is 4.98 Å². The summed E-state index contributed by atoms with van der Waals surface area (Å²) in [5, 5.41) is 13.0. The van der Waals surface area contributed by atoms with Crippen molar-refractivity contribution in [2.45, 2.75) is 45.1 Å². The second-order valence-electron chi connectivity index (χ2n) is 4.54. The van der Waals surface area contributed by atoms with Crippen LogP contribution in [0.3, 0.4) is 0 Å². The van der Waals surface area contributed by atoms with E-state index < -0.39 is 5.97 Å². The van der Waals surface area contributed by atoms with Crippen LogP contribution in [0, 0.1) is 5.92 Å². The Morgan fingerprint density at radius 3 is 3.00 bits per heavy atom. The summed E-state index contributed by atoms with van der Waals surface area (Å²) in [4.78, 5) is 15.2. The van der Waals surface area contributed by atoms with Gasteiger partial charge >= 0.3 is 5.97 Å². The number of thiazole rings is 1. The number of nitrogens with one attached hydrogen (secondary N) is 1. The summed E-state index contributed by atoms with van der Waals surface area (Å²) < 4.78 is 0. The molecule has 0 amide bonds. The molecular formula is C12H18N2O2S. The molecule has 2 rings (SSSR count). The van der Waals surface area contributed by atoms with Gasteiger partial charge in [-0.15, -0.1) is 0 Å². The van der Waals surface area contributed by atoms with Crippen LogP contribution in [0.5, 0.6) is 0 Å². The summed E-state index contributed by atoms with van der Waals surface area (Å²) in [6, 6.07) is 0.460. The molecule has 1 aliphatic carbocycles. The normalized spacial score (nSPS) is 24.5. The lowest BCUT2D eigenvalue weighted by Crippen LogP contribution is -2.31. The molecule has 2 unspecified atom stereocenters. The minimum atomic E-state index is -0.897. The van der Waals surface area contributed by atoms with Gasteiger partial charge in [0.25, 0.3) is 0 Å². The van der Waals surface area contributed by atoms with Gasteiger partial charge in [-0.1, -0.05) is 37.5 Å². The standard InChI is InChI=1S/C12H18N2O2S/c1-2-8-5-3-4-6-9(8)14-12-13-7-10(17-12)11(15)16/h7-9H,2-6H2,1H3,(H,13,14)(H,15,16). The van der Waals surface area contributed by atoms with Gasteiger partial charge in [0.1, 0.15) is 4.88 Å². The van der Waals surface area contributed by atoms with Gasteiger partial charge in [-0.25, -0.2) is 9.78 Å². The van der Waals surface area contributed by atoms with Gasteiger partial charge in [0.2, 0.25) is 0 Å². The Kier molecular flexibility index (Phi) is 3.99. The minimum absolute atomic E-state index is 0.302. The van der Waals surface area contributed by atoms with Crippen LogP contribution in [0.1, 0.15) is 48.7 Å². The highest BCUT2D eigenvalue weighted by molar-refractivity contribution is 7.17. The van der Waals surface area contributed by atoms with Gasteiger partial charge in [0.05, 0.1) is 6.20 Å². The number of rotatable bonds is 4. The number of carboxylic acids is 1. The highest BCUT2D eigenvalue weighted by Crippen LogP contribution is 2.30. The molecule has 4 nitrogen and oxygen atoms in total. The van der Waals surface area contributed by atoms with Crippen molar-refractivity contribution >= 4 is 22.4 Å². The average molecular weight is 254 g/mol. The molecule has 1 aliphatic rings. The quantitative estimate of drug-likeness (QED) is 0.866. The van der Waals surface area contributed by atoms with Crippen LogP contribution in [-0.2, 0) is 0 Å². The summed E-state index contributed by atoms with van der Waals surface area (Å²) in [5.41, 5.74) is 0. The molecule has 1 aromatic heterocycles. The summed E-state index contributed by atoms with van der Waals surface area (Å²) >= 11 is 1.23. The number of aromatic nitrogens is 1. The third-order valence-corrected chi connectivity index (χ3v) is 4.38. The van der Waals surface area contributed by atoms with Crippen LogP contribution in [0.25, 0.3) is 0 Å². The third-order valence-electron chi connectivity index (χ3n) is 3.46. The second kappa shape index (κ2) is 5.49. The zero-order valence-corrected chi connectivity index (χ0v) is 10.8. The van der Waals surface area contributed by atoms with Crippen molar-refractivity contribution in [3.63, 3.8) is 0 Å². The SMILES string of the molecule is CCC1CCCCC1Nc1ncc(C(=O)O)s1. The maximum Gasteiger partial charge on any atom is 0.347 e. The fourth-order valence-corrected chi connectivity index (χ4v) is 3.20. The molecule has 17 heavy (non-hydrogen) atoms. The molecule has 1 aromatic rings. The molecule has 0 bridgehead atoms. The number of aromatic carboxylic acids is 1. The molecule has 0 aliphatic heterocycles. The van der Waals surface area contributed by atoms with E-state index in [1.807, 2.05) is 0 Å².